The quantitative estimate of drug-likeness (QED) is 0.706. The van der Waals surface area contributed by atoms with Crippen LogP contribution in [0, 0.1) is 6.92 Å². The second kappa shape index (κ2) is 6.34. The van der Waals surface area contributed by atoms with Gasteiger partial charge in [-0.2, -0.15) is 0 Å². The van der Waals surface area contributed by atoms with Gasteiger partial charge in [0.1, 0.15) is 5.52 Å². The number of fused-ring (bicyclic) bond motifs is 1. The molecule has 1 aromatic carbocycles. The molecule has 3 heterocycles. The Hall–Kier alpha value is -2.64. The number of nitrogen functional groups attached to an aromatic ring is 2. The molecule has 0 aliphatic carbocycles. The van der Waals surface area contributed by atoms with Crippen molar-refractivity contribution in [1.82, 2.24) is 19.5 Å². The highest BCUT2D eigenvalue weighted by Crippen LogP contribution is 2.24. The van der Waals surface area contributed by atoms with Gasteiger partial charge in [-0.25, -0.2) is 9.50 Å². The van der Waals surface area contributed by atoms with Crippen LogP contribution in [0.15, 0.2) is 30.3 Å². The van der Waals surface area contributed by atoms with Crippen LogP contribution in [0.3, 0.4) is 0 Å². The van der Waals surface area contributed by atoms with E-state index in [9.17, 15) is 0 Å². The largest absolute Gasteiger partial charge is 0.399 e. The zero-order valence-corrected chi connectivity index (χ0v) is 14.3. The number of aromatic nitrogens is 3. The van der Waals surface area contributed by atoms with Crippen molar-refractivity contribution in [2.45, 2.75) is 13.5 Å². The number of ether oxygens (including phenoxy) is 1. The average molecular weight is 338 g/mol. The Morgan fingerprint density at radius 1 is 1.12 bits per heavy atom. The number of hydrogen-bond acceptors (Lipinski definition) is 6. The maximum atomic E-state index is 6.18. The molecule has 0 spiro atoms. The maximum absolute atomic E-state index is 6.18. The van der Waals surface area contributed by atoms with Gasteiger partial charge >= 0.3 is 0 Å². The fraction of sp³-hybridized carbons (Fsp3) is 0.333. The molecule has 1 aliphatic heterocycles. The van der Waals surface area contributed by atoms with Crippen molar-refractivity contribution in [3.05, 3.63) is 41.6 Å². The summed E-state index contributed by atoms with van der Waals surface area (Å²) < 4.78 is 7.32. The van der Waals surface area contributed by atoms with E-state index in [-0.39, 0.29) is 0 Å². The fourth-order valence-electron chi connectivity index (χ4n) is 3.12. The van der Waals surface area contributed by atoms with Crippen LogP contribution in [0.1, 0.15) is 11.3 Å². The predicted octanol–water partition coefficient (Wildman–Crippen LogP) is 1.70. The Balaban J connectivity index is 1.74. The number of nitrogens with two attached hydrogens (primary N) is 2. The topological polar surface area (TPSA) is 94.7 Å². The summed E-state index contributed by atoms with van der Waals surface area (Å²) in [5.41, 5.74) is 16.7. The summed E-state index contributed by atoms with van der Waals surface area (Å²) >= 11 is 0. The van der Waals surface area contributed by atoms with Crippen LogP contribution in [0.2, 0.25) is 0 Å². The van der Waals surface area contributed by atoms with Crippen LogP contribution in [-0.2, 0) is 11.3 Å². The Kier molecular flexibility index (Phi) is 4.03. The number of aryl methyl sites for hydroxylation is 1. The highest BCUT2D eigenvalue weighted by atomic mass is 16.5. The first-order valence-electron chi connectivity index (χ1n) is 8.42. The van der Waals surface area contributed by atoms with Gasteiger partial charge < -0.3 is 16.2 Å². The Morgan fingerprint density at radius 3 is 2.68 bits per heavy atom. The minimum absolute atomic E-state index is 0.479. The lowest BCUT2D eigenvalue weighted by molar-refractivity contribution is 0.0334. The third-order valence-corrected chi connectivity index (χ3v) is 4.63. The van der Waals surface area contributed by atoms with E-state index < -0.39 is 0 Å². The molecule has 1 fully saturated rings. The molecular formula is C18H22N6O. The monoisotopic (exact) mass is 338 g/mol. The van der Waals surface area contributed by atoms with E-state index in [1.807, 2.05) is 35.7 Å². The van der Waals surface area contributed by atoms with Crippen LogP contribution in [0.25, 0.3) is 16.9 Å². The van der Waals surface area contributed by atoms with Crippen LogP contribution in [0.5, 0.6) is 0 Å². The van der Waals surface area contributed by atoms with Crippen molar-refractivity contribution in [3.8, 4) is 11.4 Å². The number of hydrogen-bond donors (Lipinski definition) is 2. The lowest BCUT2D eigenvalue weighted by atomic mass is 10.1. The standard InChI is InChI=1S/C18H22N6O/c1-12-10-13(2-4-15(12)19)18-21-17(20)16-5-3-14(24(16)22-18)11-23-6-8-25-9-7-23/h2-5,10H,6-9,11,19H2,1H3,(H2,20,21,22). The predicted molar refractivity (Wildman–Crippen MR) is 98.1 cm³/mol. The lowest BCUT2D eigenvalue weighted by Gasteiger charge is -2.26. The molecule has 1 aliphatic rings. The van der Waals surface area contributed by atoms with Gasteiger partial charge in [0, 0.05) is 30.9 Å². The third-order valence-electron chi connectivity index (χ3n) is 4.63. The van der Waals surface area contributed by atoms with Gasteiger partial charge in [0.25, 0.3) is 0 Å². The second-order valence-electron chi connectivity index (χ2n) is 6.40. The van der Waals surface area contributed by atoms with E-state index in [0.717, 1.165) is 60.9 Å². The van der Waals surface area contributed by atoms with Crippen molar-refractivity contribution < 1.29 is 4.74 Å². The summed E-state index contributed by atoms with van der Waals surface area (Å²) in [7, 11) is 0. The summed E-state index contributed by atoms with van der Waals surface area (Å²) in [6.45, 7) is 6.19. The van der Waals surface area contributed by atoms with Crippen molar-refractivity contribution in [2.75, 3.05) is 37.8 Å². The van der Waals surface area contributed by atoms with Gasteiger partial charge in [-0.3, -0.25) is 4.90 Å². The van der Waals surface area contributed by atoms with E-state index in [1.165, 1.54) is 0 Å². The molecule has 1 saturated heterocycles. The molecule has 0 amide bonds. The minimum atomic E-state index is 0.479. The van der Waals surface area contributed by atoms with Crippen LogP contribution in [0.4, 0.5) is 11.5 Å². The Labute approximate surface area is 146 Å². The van der Waals surface area contributed by atoms with Gasteiger partial charge in [0.15, 0.2) is 11.6 Å². The highest BCUT2D eigenvalue weighted by Gasteiger charge is 2.16. The molecule has 130 valence electrons. The summed E-state index contributed by atoms with van der Waals surface area (Å²) in [4.78, 5) is 6.83. The molecule has 25 heavy (non-hydrogen) atoms. The molecule has 7 heteroatoms. The van der Waals surface area contributed by atoms with Gasteiger partial charge in [-0.05, 0) is 42.8 Å². The number of nitrogens with zero attached hydrogens (tertiary/aromatic N) is 4. The summed E-state index contributed by atoms with van der Waals surface area (Å²) in [5, 5.41) is 4.73. The van der Waals surface area contributed by atoms with Crippen molar-refractivity contribution >= 4 is 17.0 Å². The summed E-state index contributed by atoms with van der Waals surface area (Å²) in [5.74, 6) is 1.08. The Morgan fingerprint density at radius 2 is 1.92 bits per heavy atom. The first-order chi connectivity index (χ1) is 12.1. The molecule has 7 nitrogen and oxygen atoms in total. The number of rotatable bonds is 3. The molecule has 0 unspecified atom stereocenters. The smallest absolute Gasteiger partial charge is 0.182 e. The van der Waals surface area contributed by atoms with Gasteiger partial charge in [-0.1, -0.05) is 0 Å². The van der Waals surface area contributed by atoms with E-state index in [1.54, 1.807) is 0 Å². The number of anilines is 2. The first-order valence-corrected chi connectivity index (χ1v) is 8.42. The van der Waals surface area contributed by atoms with Gasteiger partial charge in [0.2, 0.25) is 0 Å². The SMILES string of the molecule is Cc1cc(-c2nc(N)c3ccc(CN4CCOCC4)n3n2)ccc1N. The molecule has 0 saturated carbocycles. The van der Waals surface area contributed by atoms with Gasteiger partial charge in [0.05, 0.1) is 18.9 Å². The number of benzene rings is 1. The molecule has 4 rings (SSSR count). The first kappa shape index (κ1) is 15.9. The number of morpholine rings is 1. The van der Waals surface area contributed by atoms with Crippen LogP contribution in [-0.4, -0.2) is 45.8 Å². The normalized spacial score (nSPS) is 15.7. The molecule has 0 bridgehead atoms. The van der Waals surface area contributed by atoms with Crippen molar-refractivity contribution in [1.29, 1.82) is 0 Å². The van der Waals surface area contributed by atoms with E-state index in [2.05, 4.69) is 16.0 Å². The van der Waals surface area contributed by atoms with E-state index >= 15 is 0 Å². The molecule has 4 N–H and O–H groups in total. The summed E-state index contributed by atoms with van der Waals surface area (Å²) in [6, 6.07) is 9.82. The minimum Gasteiger partial charge on any atom is -0.399 e. The van der Waals surface area contributed by atoms with Crippen LogP contribution >= 0.6 is 0 Å². The van der Waals surface area contributed by atoms with Crippen molar-refractivity contribution in [2.24, 2.45) is 0 Å². The molecular weight excluding hydrogens is 316 g/mol. The van der Waals surface area contributed by atoms with E-state index in [0.29, 0.717) is 11.6 Å². The van der Waals surface area contributed by atoms with Crippen molar-refractivity contribution in [3.63, 3.8) is 0 Å². The van der Waals surface area contributed by atoms with Gasteiger partial charge in [-0.15, -0.1) is 5.10 Å². The molecule has 3 aromatic rings. The Bertz CT molecular complexity index is 913. The zero-order valence-electron chi connectivity index (χ0n) is 14.3. The second-order valence-corrected chi connectivity index (χ2v) is 6.40. The molecule has 2 aromatic heterocycles. The van der Waals surface area contributed by atoms with Crippen LogP contribution < -0.4 is 11.5 Å². The van der Waals surface area contributed by atoms with E-state index in [4.69, 9.17) is 21.3 Å². The average Bonchev–Trinajstić information content (AvgIpc) is 3.02. The molecule has 0 radical (unpaired) electrons. The summed E-state index contributed by atoms with van der Waals surface area (Å²) in [6.07, 6.45) is 0. The maximum Gasteiger partial charge on any atom is 0.182 e. The fourth-order valence-corrected chi connectivity index (χ4v) is 3.12. The third kappa shape index (κ3) is 3.04. The highest BCUT2D eigenvalue weighted by molar-refractivity contribution is 5.70. The zero-order chi connectivity index (χ0) is 17.4. The molecule has 0 atom stereocenters. The lowest BCUT2D eigenvalue weighted by Crippen LogP contribution is -2.36.